The Bertz CT molecular complexity index is 552. The number of carbonyl (C=O) groups is 1. The first-order chi connectivity index (χ1) is 11.0. The Hall–Kier alpha value is -1.95. The number of ether oxygens (including phenoxy) is 3. The molecule has 1 atom stereocenters. The minimum absolute atomic E-state index is 0.111. The van der Waals surface area contributed by atoms with E-state index in [-0.39, 0.29) is 12.0 Å². The van der Waals surface area contributed by atoms with Gasteiger partial charge in [-0.3, -0.25) is 9.69 Å². The van der Waals surface area contributed by atoms with E-state index in [9.17, 15) is 4.79 Å². The Labute approximate surface area is 136 Å². The van der Waals surface area contributed by atoms with Crippen LogP contribution in [-0.4, -0.2) is 50.4 Å². The predicted octanol–water partition coefficient (Wildman–Crippen LogP) is 2.57. The second-order valence-corrected chi connectivity index (χ2v) is 5.75. The molecule has 1 saturated heterocycles. The number of hydrogen-bond acceptors (Lipinski definition) is 5. The van der Waals surface area contributed by atoms with Crippen molar-refractivity contribution in [3.63, 3.8) is 0 Å². The number of methoxy groups -OCH3 is 3. The highest BCUT2D eigenvalue weighted by molar-refractivity contribution is 5.70. The third-order valence-corrected chi connectivity index (χ3v) is 4.61. The van der Waals surface area contributed by atoms with Gasteiger partial charge in [0.2, 0.25) is 5.75 Å². The van der Waals surface area contributed by atoms with E-state index in [1.54, 1.807) is 21.3 Å². The summed E-state index contributed by atoms with van der Waals surface area (Å²) in [5.74, 6) is 0.955. The SMILES string of the molecule is COc1ccc(C(C)N2CCC(C(=O)O)CC2)c(OC)c1OC. The van der Waals surface area contributed by atoms with E-state index in [4.69, 9.17) is 19.3 Å². The van der Waals surface area contributed by atoms with E-state index in [2.05, 4.69) is 11.8 Å². The summed E-state index contributed by atoms with van der Waals surface area (Å²) in [6, 6.07) is 3.96. The third-order valence-electron chi connectivity index (χ3n) is 4.61. The number of likely N-dealkylation sites (tertiary alicyclic amines) is 1. The van der Waals surface area contributed by atoms with Crippen LogP contribution in [0.3, 0.4) is 0 Å². The monoisotopic (exact) mass is 323 g/mol. The largest absolute Gasteiger partial charge is 0.493 e. The van der Waals surface area contributed by atoms with Gasteiger partial charge in [0, 0.05) is 11.6 Å². The lowest BCUT2D eigenvalue weighted by molar-refractivity contribution is -0.143. The molecule has 1 heterocycles. The zero-order valence-electron chi connectivity index (χ0n) is 14.2. The molecular weight excluding hydrogens is 298 g/mol. The van der Waals surface area contributed by atoms with Gasteiger partial charge < -0.3 is 19.3 Å². The summed E-state index contributed by atoms with van der Waals surface area (Å²) in [7, 11) is 4.80. The van der Waals surface area contributed by atoms with Gasteiger partial charge >= 0.3 is 5.97 Å². The predicted molar refractivity (Wildman–Crippen MR) is 86.4 cm³/mol. The summed E-state index contributed by atoms with van der Waals surface area (Å²) in [5, 5.41) is 9.12. The van der Waals surface area contributed by atoms with E-state index in [0.29, 0.717) is 30.1 Å². The van der Waals surface area contributed by atoms with Crippen molar-refractivity contribution in [2.24, 2.45) is 5.92 Å². The molecule has 1 N–H and O–H groups in total. The maximum absolute atomic E-state index is 11.1. The van der Waals surface area contributed by atoms with Gasteiger partial charge in [-0.2, -0.15) is 0 Å². The minimum atomic E-state index is -0.694. The lowest BCUT2D eigenvalue weighted by atomic mass is 9.94. The van der Waals surface area contributed by atoms with Crippen molar-refractivity contribution in [1.82, 2.24) is 4.90 Å². The topological polar surface area (TPSA) is 68.2 Å². The number of aliphatic carboxylic acids is 1. The van der Waals surface area contributed by atoms with Crippen molar-refractivity contribution in [3.05, 3.63) is 17.7 Å². The molecule has 0 radical (unpaired) electrons. The van der Waals surface area contributed by atoms with Gasteiger partial charge in [-0.25, -0.2) is 0 Å². The summed E-state index contributed by atoms with van der Waals surface area (Å²) in [5.41, 5.74) is 1.01. The number of carboxylic acids is 1. The number of nitrogens with zero attached hydrogens (tertiary/aromatic N) is 1. The van der Waals surface area contributed by atoms with Crippen molar-refractivity contribution in [2.45, 2.75) is 25.8 Å². The van der Waals surface area contributed by atoms with Gasteiger partial charge in [-0.1, -0.05) is 0 Å². The highest BCUT2D eigenvalue weighted by atomic mass is 16.5. The van der Waals surface area contributed by atoms with Gasteiger partial charge in [0.1, 0.15) is 0 Å². The summed E-state index contributed by atoms with van der Waals surface area (Å²) in [4.78, 5) is 13.4. The molecule has 1 aliphatic heterocycles. The molecular formula is C17H25NO5. The number of rotatable bonds is 6. The molecule has 0 spiro atoms. The molecule has 2 rings (SSSR count). The number of carboxylic acid groups (broad SMARTS) is 1. The van der Waals surface area contributed by atoms with Gasteiger partial charge in [0.25, 0.3) is 0 Å². The third kappa shape index (κ3) is 3.52. The maximum Gasteiger partial charge on any atom is 0.306 e. The Morgan fingerprint density at radius 2 is 1.74 bits per heavy atom. The fourth-order valence-corrected chi connectivity index (χ4v) is 3.18. The second kappa shape index (κ2) is 7.55. The fourth-order valence-electron chi connectivity index (χ4n) is 3.18. The fraction of sp³-hybridized carbons (Fsp3) is 0.588. The molecule has 1 aliphatic rings. The van der Waals surface area contributed by atoms with Crippen molar-refractivity contribution >= 4 is 5.97 Å². The van der Waals surface area contributed by atoms with Crippen LogP contribution in [0.25, 0.3) is 0 Å². The molecule has 1 aromatic carbocycles. The Morgan fingerprint density at radius 3 is 2.22 bits per heavy atom. The van der Waals surface area contributed by atoms with Gasteiger partial charge in [-0.15, -0.1) is 0 Å². The lowest BCUT2D eigenvalue weighted by Crippen LogP contribution is -2.38. The van der Waals surface area contributed by atoms with Gasteiger partial charge in [0.05, 0.1) is 27.2 Å². The smallest absolute Gasteiger partial charge is 0.306 e. The molecule has 6 nitrogen and oxygen atoms in total. The quantitative estimate of drug-likeness (QED) is 0.868. The van der Waals surface area contributed by atoms with E-state index < -0.39 is 5.97 Å². The highest BCUT2D eigenvalue weighted by Gasteiger charge is 2.29. The molecule has 0 saturated carbocycles. The molecule has 128 valence electrons. The second-order valence-electron chi connectivity index (χ2n) is 5.75. The van der Waals surface area contributed by atoms with Crippen LogP contribution in [0.4, 0.5) is 0 Å². The molecule has 0 amide bonds. The van der Waals surface area contributed by atoms with Crippen molar-refractivity contribution in [2.75, 3.05) is 34.4 Å². The normalized spacial score (nSPS) is 17.6. The first-order valence-electron chi connectivity index (χ1n) is 7.79. The molecule has 23 heavy (non-hydrogen) atoms. The maximum atomic E-state index is 11.1. The molecule has 0 bridgehead atoms. The van der Waals surface area contributed by atoms with Crippen LogP contribution in [0.2, 0.25) is 0 Å². The zero-order valence-corrected chi connectivity index (χ0v) is 14.2. The zero-order chi connectivity index (χ0) is 17.0. The Balaban J connectivity index is 2.23. The molecule has 1 fully saturated rings. The number of piperidine rings is 1. The van der Waals surface area contributed by atoms with Crippen LogP contribution < -0.4 is 14.2 Å². The summed E-state index contributed by atoms with van der Waals surface area (Å²) >= 11 is 0. The van der Waals surface area contributed by atoms with Crippen LogP contribution >= 0.6 is 0 Å². The van der Waals surface area contributed by atoms with Crippen LogP contribution in [0.1, 0.15) is 31.4 Å². The first-order valence-corrected chi connectivity index (χ1v) is 7.79. The van der Waals surface area contributed by atoms with Crippen LogP contribution in [0.5, 0.6) is 17.2 Å². The average molecular weight is 323 g/mol. The van der Waals surface area contributed by atoms with Crippen molar-refractivity contribution in [3.8, 4) is 17.2 Å². The van der Waals surface area contributed by atoms with Crippen LogP contribution in [0.15, 0.2) is 12.1 Å². The van der Waals surface area contributed by atoms with Crippen LogP contribution in [0, 0.1) is 5.92 Å². The van der Waals surface area contributed by atoms with E-state index in [0.717, 1.165) is 18.7 Å². The van der Waals surface area contributed by atoms with Crippen molar-refractivity contribution < 1.29 is 24.1 Å². The number of hydrogen-bond donors (Lipinski definition) is 1. The van der Waals surface area contributed by atoms with E-state index in [1.807, 2.05) is 12.1 Å². The highest BCUT2D eigenvalue weighted by Crippen LogP contribution is 2.43. The van der Waals surface area contributed by atoms with Gasteiger partial charge in [-0.05, 0) is 45.0 Å². The summed E-state index contributed by atoms with van der Waals surface area (Å²) < 4.78 is 16.3. The standard InChI is InChI=1S/C17H25NO5/c1-11(18-9-7-12(8-10-18)17(19)20)13-5-6-14(21-2)16(23-4)15(13)22-3/h5-6,11-12H,7-10H2,1-4H3,(H,19,20). The molecule has 1 aromatic rings. The minimum Gasteiger partial charge on any atom is -0.493 e. The first kappa shape index (κ1) is 17.4. The van der Waals surface area contributed by atoms with E-state index in [1.165, 1.54) is 0 Å². The molecule has 1 unspecified atom stereocenters. The number of benzene rings is 1. The Morgan fingerprint density at radius 1 is 1.13 bits per heavy atom. The summed E-state index contributed by atoms with van der Waals surface area (Å²) in [6.45, 7) is 3.62. The average Bonchev–Trinajstić information content (AvgIpc) is 2.59. The van der Waals surface area contributed by atoms with E-state index >= 15 is 0 Å². The lowest BCUT2D eigenvalue weighted by Gasteiger charge is -2.35. The van der Waals surface area contributed by atoms with Crippen molar-refractivity contribution in [1.29, 1.82) is 0 Å². The van der Waals surface area contributed by atoms with Crippen LogP contribution in [-0.2, 0) is 4.79 Å². The molecule has 0 aliphatic carbocycles. The molecule has 6 heteroatoms. The Kier molecular flexibility index (Phi) is 5.71. The summed E-state index contributed by atoms with van der Waals surface area (Å²) in [6.07, 6.45) is 1.35. The molecule has 0 aromatic heterocycles. The van der Waals surface area contributed by atoms with Gasteiger partial charge in [0.15, 0.2) is 11.5 Å².